The highest BCUT2D eigenvalue weighted by atomic mass is 16.1. The summed E-state index contributed by atoms with van der Waals surface area (Å²) in [6.07, 6.45) is 5.20. The van der Waals surface area contributed by atoms with E-state index in [0.717, 1.165) is 24.8 Å². The number of benzene rings is 1. The van der Waals surface area contributed by atoms with Gasteiger partial charge in [0.25, 0.3) is 0 Å². The molecule has 0 atom stereocenters. The van der Waals surface area contributed by atoms with Crippen molar-refractivity contribution in [1.29, 1.82) is 0 Å². The van der Waals surface area contributed by atoms with Gasteiger partial charge in [-0.05, 0) is 37.3 Å². The van der Waals surface area contributed by atoms with E-state index < -0.39 is 0 Å². The number of rotatable bonds is 7. The molecular formula is C17H22O. The van der Waals surface area contributed by atoms with Crippen LogP contribution in [0, 0.1) is 0 Å². The number of carbonyl (C=O) groups excluding carboxylic acids is 1. The van der Waals surface area contributed by atoms with Crippen molar-refractivity contribution in [3.8, 4) is 0 Å². The Kier molecular flexibility index (Phi) is 6.13. The molecule has 0 aliphatic rings. The summed E-state index contributed by atoms with van der Waals surface area (Å²) >= 11 is 0. The first kappa shape index (κ1) is 14.4. The van der Waals surface area contributed by atoms with Crippen LogP contribution in [0.15, 0.2) is 54.1 Å². The van der Waals surface area contributed by atoms with Crippen molar-refractivity contribution in [2.75, 3.05) is 0 Å². The van der Waals surface area contributed by atoms with Crippen molar-refractivity contribution < 1.29 is 4.79 Å². The Morgan fingerprint density at radius 2 is 1.94 bits per heavy atom. The third-order valence-electron chi connectivity index (χ3n) is 3.22. The van der Waals surface area contributed by atoms with Crippen molar-refractivity contribution >= 4 is 5.78 Å². The SMILES string of the molecule is C=CC/C(CCc1ccccc1)=C(/C)C(=O)CC. The zero-order valence-corrected chi connectivity index (χ0v) is 11.4. The Hall–Kier alpha value is -1.63. The summed E-state index contributed by atoms with van der Waals surface area (Å²) in [7, 11) is 0. The van der Waals surface area contributed by atoms with Crippen LogP contribution in [0.5, 0.6) is 0 Å². The van der Waals surface area contributed by atoms with Crippen LogP contribution in [0.2, 0.25) is 0 Å². The normalized spacial score (nSPS) is 11.9. The lowest BCUT2D eigenvalue weighted by atomic mass is 9.95. The zero-order chi connectivity index (χ0) is 13.4. The minimum absolute atomic E-state index is 0.250. The second-order valence-corrected chi connectivity index (χ2v) is 4.48. The Bertz CT molecular complexity index is 426. The lowest BCUT2D eigenvalue weighted by molar-refractivity contribution is -0.115. The monoisotopic (exact) mass is 242 g/mol. The maximum Gasteiger partial charge on any atom is 0.158 e. The maximum atomic E-state index is 11.7. The fourth-order valence-electron chi connectivity index (χ4n) is 2.02. The third kappa shape index (κ3) is 4.33. The first-order valence-corrected chi connectivity index (χ1v) is 6.55. The van der Waals surface area contributed by atoms with Gasteiger partial charge in [0.1, 0.15) is 0 Å². The molecule has 0 unspecified atom stereocenters. The molecule has 0 spiro atoms. The summed E-state index contributed by atoms with van der Waals surface area (Å²) in [5.41, 5.74) is 3.46. The van der Waals surface area contributed by atoms with E-state index in [2.05, 4.69) is 30.8 Å². The summed E-state index contributed by atoms with van der Waals surface area (Å²) in [6.45, 7) is 7.63. The number of carbonyl (C=O) groups is 1. The molecule has 0 amide bonds. The van der Waals surface area contributed by atoms with Crippen molar-refractivity contribution in [1.82, 2.24) is 0 Å². The lowest BCUT2D eigenvalue weighted by Crippen LogP contribution is -2.02. The molecule has 1 heteroatoms. The molecule has 0 aromatic heterocycles. The quantitative estimate of drug-likeness (QED) is 0.508. The van der Waals surface area contributed by atoms with E-state index in [9.17, 15) is 4.79 Å². The first-order chi connectivity index (χ1) is 8.69. The van der Waals surface area contributed by atoms with Crippen molar-refractivity contribution in [2.24, 2.45) is 0 Å². The Morgan fingerprint density at radius 3 is 2.50 bits per heavy atom. The highest BCUT2D eigenvalue weighted by Gasteiger charge is 2.08. The number of hydrogen-bond acceptors (Lipinski definition) is 1. The standard InChI is InChI=1S/C17H22O/c1-4-9-16(14(3)17(18)5-2)13-12-15-10-7-6-8-11-15/h4,6-8,10-11H,1,5,9,12-13H2,2-3H3/b16-14+. The Labute approximate surface area is 110 Å². The molecule has 18 heavy (non-hydrogen) atoms. The topological polar surface area (TPSA) is 17.1 Å². The molecule has 0 N–H and O–H groups in total. The second-order valence-electron chi connectivity index (χ2n) is 4.48. The minimum Gasteiger partial charge on any atom is -0.295 e. The average molecular weight is 242 g/mol. The predicted octanol–water partition coefficient (Wildman–Crippen LogP) is 4.49. The van der Waals surface area contributed by atoms with E-state index in [1.54, 1.807) is 0 Å². The van der Waals surface area contributed by atoms with Crippen LogP contribution >= 0.6 is 0 Å². The van der Waals surface area contributed by atoms with Gasteiger partial charge in [-0.25, -0.2) is 0 Å². The third-order valence-corrected chi connectivity index (χ3v) is 3.22. The molecule has 1 aromatic rings. The number of ketones is 1. The molecule has 0 aliphatic carbocycles. The molecule has 1 nitrogen and oxygen atoms in total. The van der Waals surface area contributed by atoms with Crippen LogP contribution in [0.25, 0.3) is 0 Å². The highest BCUT2D eigenvalue weighted by molar-refractivity contribution is 5.95. The van der Waals surface area contributed by atoms with E-state index in [-0.39, 0.29) is 5.78 Å². The summed E-state index contributed by atoms with van der Waals surface area (Å²) < 4.78 is 0. The fourth-order valence-corrected chi connectivity index (χ4v) is 2.02. The van der Waals surface area contributed by atoms with E-state index in [4.69, 9.17) is 0 Å². The molecule has 0 bridgehead atoms. The van der Waals surface area contributed by atoms with Crippen LogP contribution in [0.4, 0.5) is 0 Å². The number of hydrogen-bond donors (Lipinski definition) is 0. The summed E-state index contributed by atoms with van der Waals surface area (Å²) in [5, 5.41) is 0. The fraction of sp³-hybridized carbons (Fsp3) is 0.353. The largest absolute Gasteiger partial charge is 0.295 e. The van der Waals surface area contributed by atoms with Crippen LogP contribution in [-0.4, -0.2) is 5.78 Å². The van der Waals surface area contributed by atoms with E-state index in [1.165, 1.54) is 11.1 Å². The van der Waals surface area contributed by atoms with Gasteiger partial charge in [-0.3, -0.25) is 4.79 Å². The van der Waals surface area contributed by atoms with E-state index in [1.807, 2.05) is 26.0 Å². The Balaban J connectivity index is 2.75. The van der Waals surface area contributed by atoms with Gasteiger partial charge in [0.15, 0.2) is 5.78 Å². The second kappa shape index (κ2) is 7.65. The van der Waals surface area contributed by atoms with Crippen LogP contribution < -0.4 is 0 Å². The highest BCUT2D eigenvalue weighted by Crippen LogP contribution is 2.18. The number of aryl methyl sites for hydroxylation is 1. The molecule has 1 aromatic carbocycles. The first-order valence-electron chi connectivity index (χ1n) is 6.55. The van der Waals surface area contributed by atoms with Gasteiger partial charge in [0.2, 0.25) is 0 Å². The summed E-state index contributed by atoms with van der Waals surface area (Å²) in [4.78, 5) is 11.7. The molecule has 96 valence electrons. The van der Waals surface area contributed by atoms with Gasteiger partial charge in [-0.15, -0.1) is 6.58 Å². The molecule has 0 saturated carbocycles. The molecule has 1 rings (SSSR count). The lowest BCUT2D eigenvalue weighted by Gasteiger charge is -2.09. The van der Waals surface area contributed by atoms with Gasteiger partial charge in [-0.2, -0.15) is 0 Å². The zero-order valence-electron chi connectivity index (χ0n) is 11.4. The van der Waals surface area contributed by atoms with Crippen molar-refractivity contribution in [3.63, 3.8) is 0 Å². The van der Waals surface area contributed by atoms with E-state index >= 15 is 0 Å². The van der Waals surface area contributed by atoms with Gasteiger partial charge in [-0.1, -0.05) is 48.9 Å². The molecule has 0 fully saturated rings. The van der Waals surface area contributed by atoms with Gasteiger partial charge >= 0.3 is 0 Å². The van der Waals surface area contributed by atoms with Crippen LogP contribution in [0.1, 0.15) is 38.7 Å². The van der Waals surface area contributed by atoms with Crippen LogP contribution in [-0.2, 0) is 11.2 Å². The predicted molar refractivity (Wildman–Crippen MR) is 77.6 cm³/mol. The summed E-state index contributed by atoms with van der Waals surface area (Å²) in [6, 6.07) is 10.4. The number of allylic oxidation sites excluding steroid dienone is 3. The average Bonchev–Trinajstić information content (AvgIpc) is 2.43. The van der Waals surface area contributed by atoms with Crippen molar-refractivity contribution in [2.45, 2.75) is 39.5 Å². The maximum absolute atomic E-state index is 11.7. The molecule has 0 aliphatic heterocycles. The van der Waals surface area contributed by atoms with Crippen molar-refractivity contribution in [3.05, 3.63) is 59.7 Å². The Morgan fingerprint density at radius 1 is 1.28 bits per heavy atom. The number of Topliss-reactive ketones (excluding diaryl/α,β-unsaturated/α-hetero) is 1. The molecular weight excluding hydrogens is 220 g/mol. The molecule has 0 radical (unpaired) electrons. The van der Waals surface area contributed by atoms with Gasteiger partial charge in [0, 0.05) is 6.42 Å². The summed E-state index contributed by atoms with van der Waals surface area (Å²) in [5.74, 6) is 0.250. The van der Waals surface area contributed by atoms with Gasteiger partial charge in [0.05, 0.1) is 0 Å². The molecule has 0 heterocycles. The van der Waals surface area contributed by atoms with Crippen LogP contribution in [0.3, 0.4) is 0 Å². The smallest absolute Gasteiger partial charge is 0.158 e. The minimum atomic E-state index is 0.250. The van der Waals surface area contributed by atoms with E-state index in [0.29, 0.717) is 6.42 Å². The molecule has 0 saturated heterocycles. The van der Waals surface area contributed by atoms with Gasteiger partial charge < -0.3 is 0 Å².